The molecule has 2 aromatic carbocycles. The van der Waals surface area contributed by atoms with Crippen molar-refractivity contribution < 1.29 is 24.2 Å². The standard InChI is InChI=1S/C25H22ClN3O5/c26-18-4-1-3-16(13-18)22-21(23(30)17-5-6-19-20(14-17)34-12-11-33-19)24(31)25(32)29(22)9-2-8-28-10-7-27-15-28/h1,3-7,10,13-15,22,30H,2,8-9,11-12H2/t22-/m0/s1. The molecule has 0 unspecified atom stereocenters. The van der Waals surface area contributed by atoms with Crippen LogP contribution in [-0.4, -0.2) is 51.0 Å². The lowest BCUT2D eigenvalue weighted by atomic mass is 9.95. The molecule has 8 nitrogen and oxygen atoms in total. The molecular weight excluding hydrogens is 458 g/mol. The van der Waals surface area contributed by atoms with Gasteiger partial charge in [-0.2, -0.15) is 0 Å². The highest BCUT2D eigenvalue weighted by Gasteiger charge is 2.45. The first-order chi connectivity index (χ1) is 16.5. The lowest BCUT2D eigenvalue weighted by Crippen LogP contribution is -2.31. The van der Waals surface area contributed by atoms with Gasteiger partial charge in [0.1, 0.15) is 19.0 Å². The van der Waals surface area contributed by atoms with Crippen LogP contribution in [0.25, 0.3) is 5.76 Å². The van der Waals surface area contributed by atoms with Crippen molar-refractivity contribution in [3.05, 3.63) is 82.9 Å². The Hall–Kier alpha value is -3.78. The molecule has 34 heavy (non-hydrogen) atoms. The van der Waals surface area contributed by atoms with Gasteiger partial charge in [-0.25, -0.2) is 4.98 Å². The number of halogens is 1. The third-order valence-corrected chi connectivity index (χ3v) is 6.13. The average Bonchev–Trinajstić information content (AvgIpc) is 3.45. The van der Waals surface area contributed by atoms with Crippen LogP contribution < -0.4 is 9.47 Å². The number of likely N-dealkylation sites (tertiary alicyclic amines) is 1. The molecular formula is C25H22ClN3O5. The van der Waals surface area contributed by atoms with Crippen molar-refractivity contribution >= 4 is 29.1 Å². The zero-order valence-electron chi connectivity index (χ0n) is 18.2. The van der Waals surface area contributed by atoms with E-state index in [4.69, 9.17) is 21.1 Å². The Morgan fingerprint density at radius 3 is 2.68 bits per heavy atom. The van der Waals surface area contributed by atoms with Crippen molar-refractivity contribution in [2.75, 3.05) is 19.8 Å². The average molecular weight is 480 g/mol. The fraction of sp³-hybridized carbons (Fsp3) is 0.240. The van der Waals surface area contributed by atoms with Gasteiger partial charge in [0.25, 0.3) is 11.7 Å². The second kappa shape index (κ2) is 9.23. The summed E-state index contributed by atoms with van der Waals surface area (Å²) in [6.45, 7) is 1.78. The molecule has 0 spiro atoms. The number of benzene rings is 2. The van der Waals surface area contributed by atoms with Crippen LogP contribution in [-0.2, 0) is 16.1 Å². The maximum Gasteiger partial charge on any atom is 0.295 e. The van der Waals surface area contributed by atoms with Crippen molar-refractivity contribution in [3.63, 3.8) is 0 Å². The van der Waals surface area contributed by atoms with E-state index >= 15 is 0 Å². The molecule has 2 aliphatic heterocycles. The summed E-state index contributed by atoms with van der Waals surface area (Å²) < 4.78 is 13.1. The van der Waals surface area contributed by atoms with Gasteiger partial charge in [0.05, 0.1) is 17.9 Å². The number of nitrogens with zero attached hydrogens (tertiary/aromatic N) is 3. The number of ether oxygens (including phenoxy) is 2. The first-order valence-electron chi connectivity index (χ1n) is 10.9. The lowest BCUT2D eigenvalue weighted by Gasteiger charge is -2.25. The summed E-state index contributed by atoms with van der Waals surface area (Å²) in [5.74, 6) is -0.620. The summed E-state index contributed by atoms with van der Waals surface area (Å²) in [4.78, 5) is 31.8. The lowest BCUT2D eigenvalue weighted by molar-refractivity contribution is -0.139. The van der Waals surface area contributed by atoms with Gasteiger partial charge in [-0.3, -0.25) is 9.59 Å². The Bertz CT molecular complexity index is 1270. The second-order valence-electron chi connectivity index (χ2n) is 8.06. The number of Topliss-reactive ketones (excluding diaryl/α,β-unsaturated/α-hetero) is 1. The Balaban J connectivity index is 1.54. The van der Waals surface area contributed by atoms with Gasteiger partial charge in [-0.1, -0.05) is 23.7 Å². The molecule has 0 radical (unpaired) electrons. The summed E-state index contributed by atoms with van der Waals surface area (Å²) in [5, 5.41) is 11.7. The number of rotatable bonds is 6. The molecule has 1 atom stereocenters. The maximum atomic E-state index is 13.2. The fourth-order valence-electron chi connectivity index (χ4n) is 4.32. The molecule has 1 fully saturated rings. The first-order valence-corrected chi connectivity index (χ1v) is 11.3. The van der Waals surface area contributed by atoms with E-state index in [-0.39, 0.29) is 11.3 Å². The number of aliphatic hydroxyl groups is 1. The second-order valence-corrected chi connectivity index (χ2v) is 8.50. The van der Waals surface area contributed by atoms with E-state index in [9.17, 15) is 14.7 Å². The Kier molecular flexibility index (Phi) is 5.98. The van der Waals surface area contributed by atoms with E-state index in [2.05, 4.69) is 4.98 Å². The van der Waals surface area contributed by atoms with Gasteiger partial charge in [-0.05, 0) is 42.3 Å². The van der Waals surface area contributed by atoms with Crippen molar-refractivity contribution in [2.24, 2.45) is 0 Å². The number of aryl methyl sites for hydroxylation is 1. The van der Waals surface area contributed by atoms with Crippen LogP contribution in [0.4, 0.5) is 0 Å². The summed E-state index contributed by atoms with van der Waals surface area (Å²) >= 11 is 6.23. The maximum absolute atomic E-state index is 13.2. The number of imidazole rings is 1. The van der Waals surface area contributed by atoms with Crippen molar-refractivity contribution in [2.45, 2.75) is 19.0 Å². The predicted molar refractivity (Wildman–Crippen MR) is 125 cm³/mol. The minimum absolute atomic E-state index is 0.0200. The van der Waals surface area contributed by atoms with E-state index < -0.39 is 17.7 Å². The van der Waals surface area contributed by atoms with Gasteiger partial charge in [0.2, 0.25) is 0 Å². The van der Waals surface area contributed by atoms with Crippen LogP contribution >= 0.6 is 11.6 Å². The Morgan fingerprint density at radius 2 is 1.91 bits per heavy atom. The molecule has 174 valence electrons. The number of carbonyl (C=O) groups excluding carboxylic acids is 2. The quantitative estimate of drug-likeness (QED) is 0.328. The molecule has 9 heteroatoms. The van der Waals surface area contributed by atoms with Crippen molar-refractivity contribution in [1.29, 1.82) is 0 Å². The van der Waals surface area contributed by atoms with E-state index in [1.165, 1.54) is 4.90 Å². The molecule has 0 bridgehead atoms. The van der Waals surface area contributed by atoms with Gasteiger partial charge in [0.15, 0.2) is 11.5 Å². The largest absolute Gasteiger partial charge is 0.507 e. The number of hydrogen-bond donors (Lipinski definition) is 1. The Morgan fingerprint density at radius 1 is 1.09 bits per heavy atom. The minimum atomic E-state index is -0.769. The highest BCUT2D eigenvalue weighted by molar-refractivity contribution is 6.46. The smallest absolute Gasteiger partial charge is 0.295 e. The molecule has 3 aromatic rings. The molecule has 0 aliphatic carbocycles. The Labute approximate surface area is 201 Å². The molecule has 0 saturated carbocycles. The van der Waals surface area contributed by atoms with Crippen molar-refractivity contribution in [3.8, 4) is 11.5 Å². The number of ketones is 1. The molecule has 1 aromatic heterocycles. The van der Waals surface area contributed by atoms with Gasteiger partial charge in [-0.15, -0.1) is 0 Å². The molecule has 1 amide bonds. The number of aliphatic hydroxyl groups excluding tert-OH is 1. The number of aromatic nitrogens is 2. The summed E-state index contributed by atoms with van der Waals surface area (Å²) in [5.41, 5.74) is 1.03. The highest BCUT2D eigenvalue weighted by Crippen LogP contribution is 2.41. The number of carbonyl (C=O) groups is 2. The topological polar surface area (TPSA) is 93.9 Å². The van der Waals surface area contributed by atoms with Crippen LogP contribution in [0, 0.1) is 0 Å². The van der Waals surface area contributed by atoms with E-state index in [0.29, 0.717) is 60.4 Å². The van der Waals surface area contributed by atoms with E-state index in [1.807, 2.05) is 10.8 Å². The summed E-state index contributed by atoms with van der Waals surface area (Å²) in [6, 6.07) is 11.1. The zero-order valence-corrected chi connectivity index (χ0v) is 18.9. The minimum Gasteiger partial charge on any atom is -0.507 e. The molecule has 5 rings (SSSR count). The SMILES string of the molecule is O=C1C(=O)N(CCCn2ccnc2)[C@@H](c2cccc(Cl)c2)C1=C(O)c1ccc2c(c1)OCCO2. The van der Waals surface area contributed by atoms with Gasteiger partial charge >= 0.3 is 0 Å². The molecule has 1 saturated heterocycles. The zero-order chi connectivity index (χ0) is 23.7. The predicted octanol–water partition coefficient (Wildman–Crippen LogP) is 3.82. The van der Waals surface area contributed by atoms with Crippen LogP contribution in [0.1, 0.15) is 23.6 Å². The highest BCUT2D eigenvalue weighted by atomic mass is 35.5. The van der Waals surface area contributed by atoms with Crippen LogP contribution in [0.5, 0.6) is 11.5 Å². The normalized spacial score (nSPS) is 19.0. The summed E-state index contributed by atoms with van der Waals surface area (Å²) in [7, 11) is 0. The van der Waals surface area contributed by atoms with Crippen LogP contribution in [0.2, 0.25) is 5.02 Å². The van der Waals surface area contributed by atoms with Gasteiger partial charge < -0.3 is 24.0 Å². The molecule has 3 heterocycles. The number of fused-ring (bicyclic) bond motifs is 1. The molecule has 2 aliphatic rings. The number of amides is 1. The van der Waals surface area contributed by atoms with Crippen LogP contribution in [0.15, 0.2) is 66.8 Å². The van der Waals surface area contributed by atoms with E-state index in [1.54, 1.807) is 55.0 Å². The van der Waals surface area contributed by atoms with Gasteiger partial charge in [0, 0.05) is 36.1 Å². The fourth-order valence-corrected chi connectivity index (χ4v) is 4.52. The molecule has 1 N–H and O–H groups in total. The third-order valence-electron chi connectivity index (χ3n) is 5.89. The van der Waals surface area contributed by atoms with Crippen molar-refractivity contribution in [1.82, 2.24) is 14.5 Å². The summed E-state index contributed by atoms with van der Waals surface area (Å²) in [6.07, 6.45) is 5.82. The third kappa shape index (κ3) is 4.12. The van der Waals surface area contributed by atoms with E-state index in [0.717, 1.165) is 0 Å². The number of hydrogen-bond acceptors (Lipinski definition) is 6. The first kappa shape index (κ1) is 22.0. The van der Waals surface area contributed by atoms with Crippen LogP contribution in [0.3, 0.4) is 0 Å². The monoisotopic (exact) mass is 479 g/mol.